The Bertz CT molecular complexity index is 686. The highest BCUT2D eigenvalue weighted by Crippen LogP contribution is 2.21. The van der Waals surface area contributed by atoms with Crippen molar-refractivity contribution in [2.24, 2.45) is 0 Å². The Kier molecular flexibility index (Phi) is 4.39. The van der Waals surface area contributed by atoms with Crippen LogP contribution < -0.4 is 9.62 Å². The van der Waals surface area contributed by atoms with Crippen molar-refractivity contribution < 1.29 is 8.42 Å². The van der Waals surface area contributed by atoms with E-state index in [1.165, 1.54) is 14.1 Å². The number of nitrogens with zero attached hydrogens (tertiary/aromatic N) is 4. The summed E-state index contributed by atoms with van der Waals surface area (Å²) in [7, 11) is 1.17. The maximum absolute atomic E-state index is 11.7. The lowest BCUT2D eigenvalue weighted by atomic mass is 10.3. The van der Waals surface area contributed by atoms with Crippen molar-refractivity contribution in [2.45, 2.75) is 0 Å². The number of para-hydroxylation sites is 1. The molecule has 8 heteroatoms. The van der Waals surface area contributed by atoms with Gasteiger partial charge in [0.15, 0.2) is 11.6 Å². The second-order valence-corrected chi connectivity index (χ2v) is 6.45. The largest absolute Gasteiger partial charge is 0.328 e. The average molecular weight is 307 g/mol. The molecule has 112 valence electrons. The van der Waals surface area contributed by atoms with Crippen molar-refractivity contribution in [3.63, 3.8) is 0 Å². The van der Waals surface area contributed by atoms with Crippen molar-refractivity contribution in [3.05, 3.63) is 42.5 Å². The molecule has 0 spiro atoms. The molecule has 21 heavy (non-hydrogen) atoms. The van der Waals surface area contributed by atoms with E-state index < -0.39 is 10.2 Å². The zero-order valence-electron chi connectivity index (χ0n) is 12.1. The van der Waals surface area contributed by atoms with Crippen LogP contribution in [0.2, 0.25) is 0 Å². The second kappa shape index (κ2) is 6.06. The second-order valence-electron chi connectivity index (χ2n) is 4.56. The predicted octanol–water partition coefficient (Wildman–Crippen LogP) is 1.46. The van der Waals surface area contributed by atoms with E-state index in [-0.39, 0.29) is 5.82 Å². The summed E-state index contributed by atoms with van der Waals surface area (Å²) >= 11 is 0. The van der Waals surface area contributed by atoms with Gasteiger partial charge >= 0.3 is 10.2 Å². The fraction of sp³-hybridized carbons (Fsp3) is 0.231. The first kappa shape index (κ1) is 15.2. The maximum Gasteiger partial charge on any atom is 0.302 e. The number of hydrogen-bond acceptors (Lipinski definition) is 5. The standard InChI is InChI=1S/C13H17N5O2S/c1-17(2)21(19,20)16-12-9-10-13(15-14-12)18(3)11-7-5-4-6-8-11/h4-10H,1-3H3,(H,14,16). The summed E-state index contributed by atoms with van der Waals surface area (Å²) in [5.74, 6) is 0.794. The lowest BCUT2D eigenvalue weighted by Gasteiger charge is -2.18. The van der Waals surface area contributed by atoms with Gasteiger partial charge in [-0.2, -0.15) is 12.7 Å². The highest BCUT2D eigenvalue weighted by Gasteiger charge is 2.14. The number of rotatable bonds is 5. The minimum Gasteiger partial charge on any atom is -0.328 e. The summed E-state index contributed by atoms with van der Waals surface area (Å²) in [5, 5.41) is 7.91. The lowest BCUT2D eigenvalue weighted by Crippen LogP contribution is -2.29. The third-order valence-corrected chi connectivity index (χ3v) is 4.28. The van der Waals surface area contributed by atoms with E-state index in [0.29, 0.717) is 5.82 Å². The molecule has 0 aliphatic rings. The van der Waals surface area contributed by atoms with Crippen LogP contribution in [0.25, 0.3) is 0 Å². The molecular formula is C13H17N5O2S. The molecule has 1 aromatic carbocycles. The molecule has 0 saturated carbocycles. The summed E-state index contributed by atoms with van der Waals surface area (Å²) in [6, 6.07) is 13.0. The topological polar surface area (TPSA) is 78.4 Å². The zero-order chi connectivity index (χ0) is 15.5. The Morgan fingerprint density at radius 2 is 1.62 bits per heavy atom. The number of hydrogen-bond donors (Lipinski definition) is 1. The van der Waals surface area contributed by atoms with Crippen LogP contribution in [-0.4, -0.2) is 44.1 Å². The number of nitrogens with one attached hydrogen (secondary N) is 1. The fourth-order valence-electron chi connectivity index (χ4n) is 1.57. The van der Waals surface area contributed by atoms with Gasteiger partial charge in [0.2, 0.25) is 0 Å². The van der Waals surface area contributed by atoms with E-state index in [1.807, 2.05) is 42.3 Å². The minimum atomic E-state index is -3.57. The first-order valence-corrected chi connectivity index (χ1v) is 7.67. The number of aromatic nitrogens is 2. The van der Waals surface area contributed by atoms with Crippen LogP contribution in [0, 0.1) is 0 Å². The normalized spacial score (nSPS) is 11.4. The molecule has 0 atom stereocenters. The first-order valence-electron chi connectivity index (χ1n) is 6.23. The summed E-state index contributed by atoms with van der Waals surface area (Å²) in [6.45, 7) is 0. The molecule has 0 radical (unpaired) electrons. The molecule has 0 amide bonds. The molecule has 0 aliphatic carbocycles. The Morgan fingerprint density at radius 1 is 0.952 bits per heavy atom. The molecule has 1 heterocycles. The van der Waals surface area contributed by atoms with Crippen molar-refractivity contribution in [1.82, 2.24) is 14.5 Å². The molecule has 0 unspecified atom stereocenters. The summed E-state index contributed by atoms with van der Waals surface area (Å²) < 4.78 is 26.8. The van der Waals surface area contributed by atoms with Crippen LogP contribution in [0.1, 0.15) is 0 Å². The summed E-state index contributed by atoms with van der Waals surface area (Å²) in [4.78, 5) is 1.86. The third-order valence-electron chi connectivity index (χ3n) is 2.85. The molecule has 0 bridgehead atoms. The average Bonchev–Trinajstić information content (AvgIpc) is 2.48. The molecule has 7 nitrogen and oxygen atoms in total. The molecule has 0 saturated heterocycles. The monoisotopic (exact) mass is 307 g/mol. The van der Waals surface area contributed by atoms with Crippen LogP contribution in [0.5, 0.6) is 0 Å². The van der Waals surface area contributed by atoms with Gasteiger partial charge in [-0.25, -0.2) is 0 Å². The predicted molar refractivity (Wildman–Crippen MR) is 82.8 cm³/mol. The van der Waals surface area contributed by atoms with Gasteiger partial charge in [0.05, 0.1) is 0 Å². The Morgan fingerprint density at radius 3 is 2.14 bits per heavy atom. The third kappa shape index (κ3) is 3.67. The van der Waals surface area contributed by atoms with Gasteiger partial charge in [-0.1, -0.05) is 18.2 Å². The van der Waals surface area contributed by atoms with E-state index in [0.717, 1.165) is 9.99 Å². The van der Waals surface area contributed by atoms with Crippen LogP contribution in [0.3, 0.4) is 0 Å². The van der Waals surface area contributed by atoms with Gasteiger partial charge in [-0.05, 0) is 24.3 Å². The lowest BCUT2D eigenvalue weighted by molar-refractivity contribution is 0.526. The number of anilines is 3. The zero-order valence-corrected chi connectivity index (χ0v) is 12.9. The highest BCUT2D eigenvalue weighted by atomic mass is 32.2. The smallest absolute Gasteiger partial charge is 0.302 e. The Hall–Kier alpha value is -2.19. The van der Waals surface area contributed by atoms with Crippen LogP contribution in [0.4, 0.5) is 17.3 Å². The molecule has 1 aromatic heterocycles. The molecule has 2 rings (SSSR count). The van der Waals surface area contributed by atoms with Gasteiger partial charge in [0.1, 0.15) is 0 Å². The van der Waals surface area contributed by atoms with Gasteiger partial charge in [0.25, 0.3) is 0 Å². The Balaban J connectivity index is 2.16. The van der Waals surface area contributed by atoms with Gasteiger partial charge < -0.3 is 4.90 Å². The fourth-order valence-corrected chi connectivity index (χ4v) is 2.12. The van der Waals surface area contributed by atoms with Crippen LogP contribution >= 0.6 is 0 Å². The SMILES string of the molecule is CN(c1ccccc1)c1ccc(NS(=O)(=O)N(C)C)nn1. The minimum absolute atomic E-state index is 0.175. The Labute approximate surface area is 124 Å². The van der Waals surface area contributed by atoms with Gasteiger partial charge in [-0.3, -0.25) is 4.72 Å². The van der Waals surface area contributed by atoms with Crippen LogP contribution in [-0.2, 0) is 10.2 Å². The van der Waals surface area contributed by atoms with Crippen molar-refractivity contribution in [2.75, 3.05) is 30.8 Å². The van der Waals surface area contributed by atoms with Crippen molar-refractivity contribution in [1.29, 1.82) is 0 Å². The summed E-state index contributed by atoms with van der Waals surface area (Å²) in [6.07, 6.45) is 0. The highest BCUT2D eigenvalue weighted by molar-refractivity contribution is 7.90. The van der Waals surface area contributed by atoms with E-state index in [2.05, 4.69) is 14.9 Å². The van der Waals surface area contributed by atoms with Crippen LogP contribution in [0.15, 0.2) is 42.5 Å². The molecular weight excluding hydrogens is 290 g/mol. The maximum atomic E-state index is 11.7. The molecule has 1 N–H and O–H groups in total. The summed E-state index contributed by atoms with van der Waals surface area (Å²) in [5.41, 5.74) is 0.966. The first-order chi connectivity index (χ1) is 9.90. The van der Waals surface area contributed by atoms with Gasteiger partial charge in [0, 0.05) is 26.8 Å². The number of benzene rings is 1. The molecule has 0 aliphatic heterocycles. The van der Waals surface area contributed by atoms with E-state index in [4.69, 9.17) is 0 Å². The van der Waals surface area contributed by atoms with Gasteiger partial charge in [-0.15, -0.1) is 10.2 Å². The molecule has 2 aromatic rings. The molecule has 0 fully saturated rings. The van der Waals surface area contributed by atoms with E-state index in [1.54, 1.807) is 12.1 Å². The van der Waals surface area contributed by atoms with Crippen molar-refractivity contribution >= 4 is 27.5 Å². The quantitative estimate of drug-likeness (QED) is 0.905. The van der Waals surface area contributed by atoms with E-state index in [9.17, 15) is 8.42 Å². The van der Waals surface area contributed by atoms with Crippen molar-refractivity contribution in [3.8, 4) is 0 Å². The van der Waals surface area contributed by atoms with E-state index >= 15 is 0 Å².